The molecule has 0 spiro atoms. The highest BCUT2D eigenvalue weighted by Crippen LogP contribution is 2.43. The first-order valence-corrected chi connectivity index (χ1v) is 4.61. The van der Waals surface area contributed by atoms with Crippen LogP contribution < -0.4 is 0 Å². The molecule has 11 heavy (non-hydrogen) atoms. The minimum absolute atomic E-state index is 0.0591. The summed E-state index contributed by atoms with van der Waals surface area (Å²) in [5.41, 5.74) is 0.330. The van der Waals surface area contributed by atoms with Gasteiger partial charge in [-0.15, -0.1) is 0 Å². The molecule has 0 amide bonds. The van der Waals surface area contributed by atoms with Gasteiger partial charge in [0.05, 0.1) is 6.10 Å². The Labute approximate surface area is 69.8 Å². The average Bonchev–Trinajstić information content (AvgIpc) is 1.81. The third-order valence-electron chi connectivity index (χ3n) is 3.49. The van der Waals surface area contributed by atoms with Crippen molar-refractivity contribution in [2.45, 2.75) is 46.6 Å². The lowest BCUT2D eigenvalue weighted by atomic mass is 9.64. The number of hydrogen-bond donors (Lipinski definition) is 1. The largest absolute Gasteiger partial charge is 0.393 e. The summed E-state index contributed by atoms with van der Waals surface area (Å²) in [5, 5.41) is 9.53. The van der Waals surface area contributed by atoms with Gasteiger partial charge in [0.2, 0.25) is 0 Å². The summed E-state index contributed by atoms with van der Waals surface area (Å²) in [6.45, 7) is 9.07. The van der Waals surface area contributed by atoms with Crippen LogP contribution in [0.4, 0.5) is 0 Å². The highest BCUT2D eigenvalue weighted by molar-refractivity contribution is 4.87. The van der Waals surface area contributed by atoms with Crippen LogP contribution in [0.1, 0.15) is 40.5 Å². The van der Waals surface area contributed by atoms with Crippen LogP contribution in [-0.4, -0.2) is 11.2 Å². The number of aliphatic hydroxyl groups is 1. The maximum atomic E-state index is 9.53. The summed E-state index contributed by atoms with van der Waals surface area (Å²) >= 11 is 0. The van der Waals surface area contributed by atoms with Crippen molar-refractivity contribution in [1.29, 1.82) is 0 Å². The molecule has 0 heterocycles. The summed E-state index contributed by atoms with van der Waals surface area (Å²) < 4.78 is 0. The van der Waals surface area contributed by atoms with Crippen molar-refractivity contribution in [2.75, 3.05) is 0 Å². The smallest absolute Gasteiger partial charge is 0.0548 e. The van der Waals surface area contributed by atoms with E-state index in [9.17, 15) is 5.11 Å². The van der Waals surface area contributed by atoms with Gasteiger partial charge in [-0.25, -0.2) is 0 Å². The first-order valence-electron chi connectivity index (χ1n) is 4.61. The zero-order valence-corrected chi connectivity index (χ0v) is 8.09. The van der Waals surface area contributed by atoms with Gasteiger partial charge in [-0.3, -0.25) is 0 Å². The molecule has 0 aromatic carbocycles. The molecule has 3 unspecified atom stereocenters. The summed E-state index contributed by atoms with van der Waals surface area (Å²) in [7, 11) is 0. The quantitative estimate of drug-likeness (QED) is 0.571. The van der Waals surface area contributed by atoms with E-state index in [-0.39, 0.29) is 6.10 Å². The fraction of sp³-hybridized carbons (Fsp3) is 1.00. The molecule has 1 fully saturated rings. The van der Waals surface area contributed by atoms with Gasteiger partial charge in [0.1, 0.15) is 0 Å². The number of hydrogen-bond acceptors (Lipinski definition) is 1. The normalized spacial score (nSPS) is 43.9. The minimum Gasteiger partial charge on any atom is -0.393 e. The van der Waals surface area contributed by atoms with E-state index in [0.29, 0.717) is 11.3 Å². The van der Waals surface area contributed by atoms with Crippen LogP contribution in [0.5, 0.6) is 0 Å². The van der Waals surface area contributed by atoms with Crippen molar-refractivity contribution < 1.29 is 5.11 Å². The Morgan fingerprint density at radius 1 is 1.27 bits per heavy atom. The lowest BCUT2D eigenvalue weighted by Crippen LogP contribution is -2.38. The summed E-state index contributed by atoms with van der Waals surface area (Å²) in [5.74, 6) is 1.42. The van der Waals surface area contributed by atoms with E-state index in [2.05, 4.69) is 27.7 Å². The molecule has 1 nitrogen and oxygen atoms in total. The molecule has 1 saturated carbocycles. The molecule has 0 radical (unpaired) electrons. The van der Waals surface area contributed by atoms with Crippen LogP contribution in [0, 0.1) is 17.3 Å². The summed E-state index contributed by atoms with van der Waals surface area (Å²) in [6, 6.07) is 0. The maximum absolute atomic E-state index is 9.53. The molecular weight excluding hydrogens is 136 g/mol. The van der Waals surface area contributed by atoms with E-state index in [4.69, 9.17) is 0 Å². The lowest BCUT2D eigenvalue weighted by molar-refractivity contribution is -0.00385. The van der Waals surface area contributed by atoms with E-state index in [1.54, 1.807) is 0 Å². The zero-order valence-electron chi connectivity index (χ0n) is 8.09. The predicted molar refractivity (Wildman–Crippen MR) is 47.3 cm³/mol. The van der Waals surface area contributed by atoms with E-state index in [1.807, 2.05) is 0 Å². The Morgan fingerprint density at radius 2 is 1.82 bits per heavy atom. The monoisotopic (exact) mass is 156 g/mol. The SMILES string of the molecule is CC1CC(O)CC(C)(C)C1C. The van der Waals surface area contributed by atoms with Crippen molar-refractivity contribution >= 4 is 0 Å². The van der Waals surface area contributed by atoms with Gasteiger partial charge in [-0.1, -0.05) is 27.7 Å². The van der Waals surface area contributed by atoms with Crippen molar-refractivity contribution in [3.05, 3.63) is 0 Å². The number of rotatable bonds is 0. The standard InChI is InChI=1S/C10H20O/c1-7-5-9(11)6-10(3,4)8(7)2/h7-9,11H,5-6H2,1-4H3. The molecule has 66 valence electrons. The van der Waals surface area contributed by atoms with Crippen LogP contribution in [0.25, 0.3) is 0 Å². The molecule has 1 aliphatic rings. The second-order valence-electron chi connectivity index (χ2n) is 4.85. The third kappa shape index (κ3) is 1.76. The molecule has 0 aromatic rings. The highest BCUT2D eigenvalue weighted by atomic mass is 16.3. The molecule has 0 aromatic heterocycles. The van der Waals surface area contributed by atoms with Crippen molar-refractivity contribution in [1.82, 2.24) is 0 Å². The van der Waals surface area contributed by atoms with Gasteiger partial charge in [-0.05, 0) is 30.1 Å². The minimum atomic E-state index is -0.0591. The van der Waals surface area contributed by atoms with Gasteiger partial charge in [0.15, 0.2) is 0 Å². The predicted octanol–water partition coefficient (Wildman–Crippen LogP) is 2.44. The Bertz CT molecular complexity index is 140. The fourth-order valence-electron chi connectivity index (χ4n) is 2.28. The summed E-state index contributed by atoms with van der Waals surface area (Å²) in [4.78, 5) is 0. The Morgan fingerprint density at radius 3 is 2.27 bits per heavy atom. The van der Waals surface area contributed by atoms with Gasteiger partial charge < -0.3 is 5.11 Å². The second-order valence-corrected chi connectivity index (χ2v) is 4.85. The van der Waals surface area contributed by atoms with Gasteiger partial charge in [0.25, 0.3) is 0 Å². The zero-order chi connectivity index (χ0) is 8.65. The second kappa shape index (κ2) is 2.78. The molecule has 3 atom stereocenters. The first-order chi connectivity index (χ1) is 4.93. The van der Waals surface area contributed by atoms with E-state index < -0.39 is 0 Å². The average molecular weight is 156 g/mol. The van der Waals surface area contributed by atoms with Crippen LogP contribution in [0.2, 0.25) is 0 Å². The molecule has 0 aliphatic heterocycles. The lowest BCUT2D eigenvalue weighted by Gasteiger charge is -2.43. The Balaban J connectivity index is 2.67. The van der Waals surface area contributed by atoms with Crippen LogP contribution in [0.15, 0.2) is 0 Å². The molecule has 0 bridgehead atoms. The van der Waals surface area contributed by atoms with Crippen molar-refractivity contribution in [3.63, 3.8) is 0 Å². The molecular formula is C10H20O. The van der Waals surface area contributed by atoms with Crippen molar-refractivity contribution in [3.8, 4) is 0 Å². The molecule has 1 rings (SSSR count). The topological polar surface area (TPSA) is 20.2 Å². The fourth-order valence-corrected chi connectivity index (χ4v) is 2.28. The molecule has 1 heteroatoms. The van der Waals surface area contributed by atoms with Crippen LogP contribution in [-0.2, 0) is 0 Å². The molecule has 1 aliphatic carbocycles. The number of aliphatic hydroxyl groups excluding tert-OH is 1. The van der Waals surface area contributed by atoms with E-state index >= 15 is 0 Å². The van der Waals surface area contributed by atoms with Gasteiger partial charge in [0, 0.05) is 0 Å². The maximum Gasteiger partial charge on any atom is 0.0548 e. The molecule has 0 saturated heterocycles. The van der Waals surface area contributed by atoms with Gasteiger partial charge in [-0.2, -0.15) is 0 Å². The van der Waals surface area contributed by atoms with Crippen LogP contribution in [0.3, 0.4) is 0 Å². The highest BCUT2D eigenvalue weighted by Gasteiger charge is 2.37. The molecule has 1 N–H and O–H groups in total. The summed E-state index contributed by atoms with van der Waals surface area (Å²) in [6.07, 6.45) is 1.90. The van der Waals surface area contributed by atoms with E-state index in [1.165, 1.54) is 0 Å². The first kappa shape index (κ1) is 9.05. The third-order valence-corrected chi connectivity index (χ3v) is 3.49. The van der Waals surface area contributed by atoms with Crippen molar-refractivity contribution in [2.24, 2.45) is 17.3 Å². The van der Waals surface area contributed by atoms with Crippen LogP contribution >= 0.6 is 0 Å². The van der Waals surface area contributed by atoms with E-state index in [0.717, 1.165) is 18.8 Å². The van der Waals surface area contributed by atoms with Gasteiger partial charge >= 0.3 is 0 Å². The Kier molecular flexibility index (Phi) is 2.29. The Hall–Kier alpha value is -0.0400.